The van der Waals surface area contributed by atoms with Gasteiger partial charge in [0.05, 0.1) is 6.61 Å². The number of carbonyl (C=O) groups is 1. The van der Waals surface area contributed by atoms with Gasteiger partial charge in [0.15, 0.2) is 6.29 Å². The molecule has 3 rings (SSSR count). The Morgan fingerprint density at radius 2 is 1.96 bits per heavy atom. The van der Waals surface area contributed by atoms with Crippen molar-refractivity contribution in [2.45, 2.75) is 64.1 Å². The summed E-state index contributed by atoms with van der Waals surface area (Å²) in [5.41, 5.74) is 2.09. The van der Waals surface area contributed by atoms with Crippen molar-refractivity contribution in [2.75, 3.05) is 25.1 Å². The number of amides is 1. The summed E-state index contributed by atoms with van der Waals surface area (Å²) in [5.74, 6) is 0.993. The molecule has 0 spiro atoms. The molecule has 0 bridgehead atoms. The molecule has 0 aromatic heterocycles. The van der Waals surface area contributed by atoms with E-state index in [0.29, 0.717) is 6.42 Å². The lowest BCUT2D eigenvalue weighted by atomic mass is 10.0. The molecule has 1 fully saturated rings. The number of ether oxygens (including phenoxy) is 3. The lowest BCUT2D eigenvalue weighted by molar-refractivity contribution is -0.162. The summed E-state index contributed by atoms with van der Waals surface area (Å²) in [6.07, 6.45) is 9.25. The fourth-order valence-electron chi connectivity index (χ4n) is 3.25. The zero-order chi connectivity index (χ0) is 17.3. The van der Waals surface area contributed by atoms with Crippen molar-refractivity contribution < 1.29 is 19.0 Å². The Morgan fingerprint density at radius 1 is 1.08 bits per heavy atom. The van der Waals surface area contributed by atoms with Gasteiger partial charge in [-0.2, -0.15) is 0 Å². The Kier molecular flexibility index (Phi) is 7.12. The number of unbranched alkanes of at least 4 members (excludes halogenated alkanes) is 3. The summed E-state index contributed by atoms with van der Waals surface area (Å²) in [6, 6.07) is 5.92. The summed E-state index contributed by atoms with van der Waals surface area (Å²) in [7, 11) is 0. The number of hydrogen-bond acceptors (Lipinski definition) is 4. The lowest BCUT2D eigenvalue weighted by Crippen LogP contribution is -2.22. The Morgan fingerprint density at radius 3 is 2.80 bits per heavy atom. The molecule has 1 aromatic rings. The van der Waals surface area contributed by atoms with Gasteiger partial charge in [-0.15, -0.1) is 0 Å². The van der Waals surface area contributed by atoms with E-state index in [1.165, 1.54) is 18.4 Å². The molecule has 2 heterocycles. The normalized spacial score (nSPS) is 20.0. The van der Waals surface area contributed by atoms with Crippen LogP contribution < -0.4 is 10.1 Å². The maximum absolute atomic E-state index is 11.4. The highest BCUT2D eigenvalue weighted by molar-refractivity contribution is 5.93. The van der Waals surface area contributed by atoms with Crippen LogP contribution in [0.15, 0.2) is 18.2 Å². The first-order valence-electron chi connectivity index (χ1n) is 9.60. The summed E-state index contributed by atoms with van der Waals surface area (Å²) in [5, 5.41) is 2.89. The van der Waals surface area contributed by atoms with E-state index in [0.717, 1.165) is 69.8 Å². The van der Waals surface area contributed by atoms with E-state index in [1.54, 1.807) is 0 Å². The molecule has 1 amide bonds. The lowest BCUT2D eigenvalue weighted by Gasteiger charge is -2.22. The number of anilines is 1. The summed E-state index contributed by atoms with van der Waals surface area (Å²) in [6.45, 7) is 2.37. The maximum atomic E-state index is 11.4. The molecular weight excluding hydrogens is 318 g/mol. The number of hydrogen-bond donors (Lipinski definition) is 1. The number of benzene rings is 1. The van der Waals surface area contributed by atoms with Crippen LogP contribution in [0, 0.1) is 0 Å². The van der Waals surface area contributed by atoms with E-state index in [4.69, 9.17) is 14.2 Å². The average Bonchev–Trinajstić information content (AvgIpc) is 2.65. The molecule has 0 saturated carbocycles. The molecule has 0 radical (unpaired) electrons. The van der Waals surface area contributed by atoms with Crippen LogP contribution in [-0.4, -0.2) is 32.0 Å². The number of rotatable bonds is 9. The molecule has 1 atom stereocenters. The van der Waals surface area contributed by atoms with Crippen molar-refractivity contribution >= 4 is 11.6 Å². The maximum Gasteiger partial charge on any atom is 0.224 e. The topological polar surface area (TPSA) is 56.8 Å². The third kappa shape index (κ3) is 6.01. The van der Waals surface area contributed by atoms with Crippen LogP contribution in [0.3, 0.4) is 0 Å². The highest BCUT2D eigenvalue weighted by Gasteiger charge is 2.15. The molecule has 5 nitrogen and oxygen atoms in total. The van der Waals surface area contributed by atoms with E-state index in [2.05, 4.69) is 5.32 Å². The van der Waals surface area contributed by atoms with Crippen LogP contribution in [0.1, 0.15) is 56.9 Å². The van der Waals surface area contributed by atoms with E-state index in [1.807, 2.05) is 18.2 Å². The largest absolute Gasteiger partial charge is 0.494 e. The van der Waals surface area contributed by atoms with Crippen molar-refractivity contribution in [2.24, 2.45) is 0 Å². The van der Waals surface area contributed by atoms with E-state index in [9.17, 15) is 4.79 Å². The minimum atomic E-state index is 0.0332. The van der Waals surface area contributed by atoms with Crippen molar-refractivity contribution in [1.29, 1.82) is 0 Å². The first kappa shape index (κ1) is 18.2. The highest BCUT2D eigenvalue weighted by atomic mass is 16.7. The predicted molar refractivity (Wildman–Crippen MR) is 96.9 cm³/mol. The first-order valence-corrected chi connectivity index (χ1v) is 9.60. The number of fused-ring (bicyclic) bond motifs is 1. The second kappa shape index (κ2) is 9.78. The van der Waals surface area contributed by atoms with Crippen molar-refractivity contribution in [3.8, 4) is 5.75 Å². The molecule has 1 unspecified atom stereocenters. The van der Waals surface area contributed by atoms with Crippen LogP contribution in [0.2, 0.25) is 0 Å². The minimum absolute atomic E-state index is 0.0332. The Labute approximate surface area is 150 Å². The average molecular weight is 347 g/mol. The number of aryl methyl sites for hydroxylation is 1. The van der Waals surface area contributed by atoms with Gasteiger partial charge in [-0.1, -0.05) is 6.42 Å². The van der Waals surface area contributed by atoms with Gasteiger partial charge in [0.2, 0.25) is 5.91 Å². The molecule has 2 aliphatic rings. The molecule has 138 valence electrons. The van der Waals surface area contributed by atoms with E-state index < -0.39 is 0 Å². The third-order valence-corrected chi connectivity index (χ3v) is 4.72. The third-order valence-electron chi connectivity index (χ3n) is 4.72. The van der Waals surface area contributed by atoms with Crippen molar-refractivity contribution in [3.63, 3.8) is 0 Å². The van der Waals surface area contributed by atoms with Gasteiger partial charge in [-0.25, -0.2) is 0 Å². The fraction of sp³-hybridized carbons (Fsp3) is 0.650. The summed E-state index contributed by atoms with van der Waals surface area (Å²) >= 11 is 0. The summed E-state index contributed by atoms with van der Waals surface area (Å²) in [4.78, 5) is 11.4. The molecule has 5 heteroatoms. The van der Waals surface area contributed by atoms with Crippen LogP contribution >= 0.6 is 0 Å². The standard InChI is InChI=1S/C20H29NO4/c22-19-11-8-16-15-17(9-10-18(16)21-19)23-12-4-1-2-5-13-24-20-7-3-6-14-25-20/h9-10,15,20H,1-8,11-14H2,(H,21,22). The van der Waals surface area contributed by atoms with Crippen LogP contribution in [0.25, 0.3) is 0 Å². The molecule has 1 N–H and O–H groups in total. The quantitative estimate of drug-likeness (QED) is 0.685. The van der Waals surface area contributed by atoms with E-state index >= 15 is 0 Å². The van der Waals surface area contributed by atoms with Gasteiger partial charge in [0.1, 0.15) is 5.75 Å². The van der Waals surface area contributed by atoms with Gasteiger partial charge in [0.25, 0.3) is 0 Å². The SMILES string of the molecule is O=C1CCc2cc(OCCCCCCOC3CCCCO3)ccc2N1. The second-order valence-electron chi connectivity index (χ2n) is 6.80. The molecule has 1 aromatic carbocycles. The van der Waals surface area contributed by atoms with Gasteiger partial charge in [-0.3, -0.25) is 4.79 Å². The minimum Gasteiger partial charge on any atom is -0.494 e. The Balaban J connectivity index is 1.23. The number of nitrogens with one attached hydrogen (secondary N) is 1. The van der Waals surface area contributed by atoms with E-state index in [-0.39, 0.29) is 12.2 Å². The highest BCUT2D eigenvalue weighted by Crippen LogP contribution is 2.26. The molecular formula is C20H29NO4. The first-order chi connectivity index (χ1) is 12.3. The molecule has 1 saturated heterocycles. The predicted octanol–water partition coefficient (Wildman–Crippen LogP) is 4.05. The molecule has 25 heavy (non-hydrogen) atoms. The van der Waals surface area contributed by atoms with Crippen molar-refractivity contribution in [1.82, 2.24) is 0 Å². The van der Waals surface area contributed by atoms with Crippen LogP contribution in [-0.2, 0) is 20.7 Å². The fourth-order valence-corrected chi connectivity index (χ4v) is 3.25. The number of carbonyl (C=O) groups excluding carboxylic acids is 1. The van der Waals surface area contributed by atoms with Gasteiger partial charge < -0.3 is 19.5 Å². The monoisotopic (exact) mass is 347 g/mol. The smallest absolute Gasteiger partial charge is 0.224 e. The Bertz CT molecular complexity index is 555. The van der Waals surface area contributed by atoms with Crippen LogP contribution in [0.5, 0.6) is 5.75 Å². The van der Waals surface area contributed by atoms with Crippen LogP contribution in [0.4, 0.5) is 5.69 Å². The molecule has 0 aliphatic carbocycles. The zero-order valence-electron chi connectivity index (χ0n) is 14.9. The zero-order valence-corrected chi connectivity index (χ0v) is 14.9. The van der Waals surface area contributed by atoms with Gasteiger partial charge in [0, 0.05) is 25.3 Å². The summed E-state index contributed by atoms with van der Waals surface area (Å²) < 4.78 is 17.1. The Hall–Kier alpha value is -1.59. The van der Waals surface area contributed by atoms with Crippen molar-refractivity contribution in [3.05, 3.63) is 23.8 Å². The van der Waals surface area contributed by atoms with Gasteiger partial charge >= 0.3 is 0 Å². The second-order valence-corrected chi connectivity index (χ2v) is 6.80. The van der Waals surface area contributed by atoms with Gasteiger partial charge in [-0.05, 0) is 68.7 Å². The molecule has 2 aliphatic heterocycles.